The van der Waals surface area contributed by atoms with Crippen LogP contribution < -0.4 is 0 Å². The summed E-state index contributed by atoms with van der Waals surface area (Å²) in [5.74, 6) is -0.597. The normalized spacial score (nSPS) is 22.6. The quantitative estimate of drug-likeness (QED) is 0.824. The summed E-state index contributed by atoms with van der Waals surface area (Å²) in [7, 11) is 0. The molecule has 3 heteroatoms. The van der Waals surface area contributed by atoms with E-state index in [4.69, 9.17) is 5.11 Å². The molecular formula is C14H18O3. The topological polar surface area (TPSA) is 57.5 Å². The molecule has 1 aromatic carbocycles. The van der Waals surface area contributed by atoms with Gasteiger partial charge in [-0.15, -0.1) is 0 Å². The van der Waals surface area contributed by atoms with Crippen molar-refractivity contribution in [2.45, 2.75) is 39.7 Å². The highest BCUT2D eigenvalue weighted by atomic mass is 16.4. The van der Waals surface area contributed by atoms with E-state index in [2.05, 4.69) is 0 Å². The number of fused-ring (bicyclic) bond motifs is 1. The zero-order valence-corrected chi connectivity index (χ0v) is 10.4. The molecule has 2 N–H and O–H groups in total. The molecular weight excluding hydrogens is 216 g/mol. The van der Waals surface area contributed by atoms with Crippen LogP contribution in [-0.4, -0.2) is 16.2 Å². The minimum absolute atomic E-state index is 0.0338. The van der Waals surface area contributed by atoms with Crippen LogP contribution in [0.4, 0.5) is 0 Å². The van der Waals surface area contributed by atoms with Gasteiger partial charge in [0.05, 0.1) is 12.5 Å². The van der Waals surface area contributed by atoms with E-state index in [9.17, 15) is 9.90 Å². The maximum atomic E-state index is 10.9. The molecule has 0 aromatic heterocycles. The SMILES string of the molecule is Cc1cc2c(c(C)c1CC(=O)O)[C@@H](O)[C@H](C)C2. The van der Waals surface area contributed by atoms with Crippen LogP contribution in [0.1, 0.15) is 40.8 Å². The molecule has 1 aliphatic carbocycles. The van der Waals surface area contributed by atoms with E-state index in [1.165, 1.54) is 5.56 Å². The molecule has 0 fully saturated rings. The Hall–Kier alpha value is -1.35. The van der Waals surface area contributed by atoms with Crippen molar-refractivity contribution in [3.8, 4) is 0 Å². The van der Waals surface area contributed by atoms with Crippen molar-refractivity contribution in [1.29, 1.82) is 0 Å². The van der Waals surface area contributed by atoms with Crippen molar-refractivity contribution in [1.82, 2.24) is 0 Å². The van der Waals surface area contributed by atoms with Crippen LogP contribution in [0.3, 0.4) is 0 Å². The fourth-order valence-corrected chi connectivity index (χ4v) is 2.87. The third-order valence-corrected chi connectivity index (χ3v) is 3.77. The predicted octanol–water partition coefficient (Wildman–Crippen LogP) is 2.16. The summed E-state index contributed by atoms with van der Waals surface area (Å²) in [6, 6.07) is 2.04. The van der Waals surface area contributed by atoms with Gasteiger partial charge in [-0.2, -0.15) is 0 Å². The van der Waals surface area contributed by atoms with Crippen LogP contribution >= 0.6 is 0 Å². The maximum Gasteiger partial charge on any atom is 0.307 e. The second-order valence-corrected chi connectivity index (χ2v) is 5.07. The Morgan fingerprint density at radius 2 is 2.12 bits per heavy atom. The number of carboxylic acids is 1. The van der Waals surface area contributed by atoms with Gasteiger partial charge in [-0.1, -0.05) is 13.0 Å². The number of benzene rings is 1. The number of carboxylic acid groups (broad SMARTS) is 1. The van der Waals surface area contributed by atoms with Crippen LogP contribution in [0.5, 0.6) is 0 Å². The lowest BCUT2D eigenvalue weighted by molar-refractivity contribution is -0.136. The summed E-state index contributed by atoms with van der Waals surface area (Å²) in [6.45, 7) is 5.89. The molecule has 17 heavy (non-hydrogen) atoms. The first-order valence-corrected chi connectivity index (χ1v) is 5.93. The molecule has 0 radical (unpaired) electrons. The molecule has 0 amide bonds. The summed E-state index contributed by atoms with van der Waals surface area (Å²) in [6.07, 6.45) is 0.468. The smallest absolute Gasteiger partial charge is 0.307 e. The third-order valence-electron chi connectivity index (χ3n) is 3.77. The second kappa shape index (κ2) is 4.15. The zero-order valence-electron chi connectivity index (χ0n) is 10.4. The molecule has 0 saturated heterocycles. The van der Waals surface area contributed by atoms with E-state index in [1.54, 1.807) is 0 Å². The Morgan fingerprint density at radius 3 is 2.71 bits per heavy atom. The average Bonchev–Trinajstić information content (AvgIpc) is 2.49. The lowest BCUT2D eigenvalue weighted by atomic mass is 9.92. The number of hydrogen-bond donors (Lipinski definition) is 2. The Morgan fingerprint density at radius 1 is 1.47 bits per heavy atom. The average molecular weight is 234 g/mol. The molecule has 0 heterocycles. The van der Waals surface area contributed by atoms with Gasteiger partial charge in [0, 0.05) is 0 Å². The molecule has 2 rings (SSSR count). The van der Waals surface area contributed by atoms with Crippen molar-refractivity contribution < 1.29 is 15.0 Å². The van der Waals surface area contributed by atoms with Gasteiger partial charge in [-0.3, -0.25) is 4.79 Å². The summed E-state index contributed by atoms with van der Waals surface area (Å²) in [4.78, 5) is 10.9. The van der Waals surface area contributed by atoms with Gasteiger partial charge >= 0.3 is 5.97 Å². The van der Waals surface area contributed by atoms with E-state index >= 15 is 0 Å². The van der Waals surface area contributed by atoms with E-state index < -0.39 is 12.1 Å². The highest BCUT2D eigenvalue weighted by Crippen LogP contribution is 2.40. The molecule has 0 aliphatic heterocycles. The van der Waals surface area contributed by atoms with E-state index in [1.807, 2.05) is 26.8 Å². The van der Waals surface area contributed by atoms with Gasteiger partial charge in [0.15, 0.2) is 0 Å². The van der Waals surface area contributed by atoms with Gasteiger partial charge in [0.25, 0.3) is 0 Å². The molecule has 1 aliphatic rings. The molecule has 92 valence electrons. The second-order valence-electron chi connectivity index (χ2n) is 5.07. The van der Waals surface area contributed by atoms with Gasteiger partial charge in [-0.05, 0) is 54.0 Å². The Bertz CT molecular complexity index is 477. The van der Waals surface area contributed by atoms with Crippen LogP contribution in [-0.2, 0) is 17.6 Å². The van der Waals surface area contributed by atoms with Gasteiger partial charge in [0.1, 0.15) is 0 Å². The van der Waals surface area contributed by atoms with Crippen LogP contribution in [0, 0.1) is 19.8 Å². The van der Waals surface area contributed by atoms with Gasteiger partial charge in [-0.25, -0.2) is 0 Å². The van der Waals surface area contributed by atoms with Crippen molar-refractivity contribution in [2.75, 3.05) is 0 Å². The number of aryl methyl sites for hydroxylation is 1. The van der Waals surface area contributed by atoms with Crippen molar-refractivity contribution >= 4 is 5.97 Å². The fourth-order valence-electron chi connectivity index (χ4n) is 2.87. The van der Waals surface area contributed by atoms with Crippen LogP contribution in [0.15, 0.2) is 6.07 Å². The first kappa shape index (κ1) is 12.1. The molecule has 0 saturated carbocycles. The number of aliphatic hydroxyl groups is 1. The summed E-state index contributed by atoms with van der Waals surface area (Å²) < 4.78 is 0. The molecule has 0 bridgehead atoms. The lowest BCUT2D eigenvalue weighted by Gasteiger charge is -2.16. The Labute approximate surface area is 101 Å². The first-order chi connectivity index (χ1) is 7.91. The molecule has 2 atom stereocenters. The number of rotatable bonds is 2. The molecule has 1 aromatic rings. The number of carbonyl (C=O) groups is 1. The lowest BCUT2D eigenvalue weighted by Crippen LogP contribution is -2.08. The van der Waals surface area contributed by atoms with Gasteiger partial charge < -0.3 is 10.2 Å². The van der Waals surface area contributed by atoms with E-state index in [0.29, 0.717) is 0 Å². The zero-order chi connectivity index (χ0) is 12.7. The first-order valence-electron chi connectivity index (χ1n) is 5.93. The number of hydrogen-bond acceptors (Lipinski definition) is 2. The van der Waals surface area contributed by atoms with Gasteiger partial charge in [0.2, 0.25) is 0 Å². The standard InChI is InChI=1S/C14H18O3/c1-7-4-10-5-8(2)14(17)13(10)9(3)11(7)6-12(15)16/h4,8,14,17H,5-6H2,1-3H3,(H,15,16)/t8-,14+/m1/s1. The van der Waals surface area contributed by atoms with Crippen LogP contribution in [0.2, 0.25) is 0 Å². The molecule has 3 nitrogen and oxygen atoms in total. The molecule has 0 spiro atoms. The third kappa shape index (κ3) is 1.95. The van der Waals surface area contributed by atoms with E-state index in [-0.39, 0.29) is 12.3 Å². The van der Waals surface area contributed by atoms with Crippen molar-refractivity contribution in [3.05, 3.63) is 33.9 Å². The fraction of sp³-hybridized carbons (Fsp3) is 0.500. The summed E-state index contributed by atoms with van der Waals surface area (Å²) >= 11 is 0. The largest absolute Gasteiger partial charge is 0.481 e. The monoisotopic (exact) mass is 234 g/mol. The van der Waals surface area contributed by atoms with Crippen molar-refractivity contribution in [2.24, 2.45) is 5.92 Å². The van der Waals surface area contributed by atoms with Crippen molar-refractivity contribution in [3.63, 3.8) is 0 Å². The van der Waals surface area contributed by atoms with E-state index in [0.717, 1.165) is 28.7 Å². The minimum Gasteiger partial charge on any atom is -0.481 e. The summed E-state index contributed by atoms with van der Waals surface area (Å²) in [5.41, 5.74) is 4.96. The molecule has 0 unspecified atom stereocenters. The maximum absolute atomic E-state index is 10.9. The summed E-state index contributed by atoms with van der Waals surface area (Å²) in [5, 5.41) is 19.1. The minimum atomic E-state index is -0.823. The Balaban J connectivity index is 2.55. The number of aliphatic carboxylic acids is 1. The number of aliphatic hydroxyl groups excluding tert-OH is 1. The highest BCUT2D eigenvalue weighted by Gasteiger charge is 2.30. The highest BCUT2D eigenvalue weighted by molar-refractivity contribution is 5.72. The van der Waals surface area contributed by atoms with Crippen LogP contribution in [0.25, 0.3) is 0 Å². The Kier molecular flexibility index (Phi) is 2.96. The predicted molar refractivity (Wildman–Crippen MR) is 65.1 cm³/mol.